The van der Waals surface area contributed by atoms with Crippen LogP contribution in [0.1, 0.15) is 44.5 Å². The number of aliphatic carboxylic acids is 1. The van der Waals surface area contributed by atoms with Gasteiger partial charge in [-0.3, -0.25) is 4.79 Å². The largest absolute Gasteiger partial charge is 0.480 e. The van der Waals surface area contributed by atoms with Gasteiger partial charge in [-0.25, -0.2) is 13.2 Å². The van der Waals surface area contributed by atoms with Gasteiger partial charge in [-0.1, -0.05) is 13.8 Å². The van der Waals surface area contributed by atoms with Gasteiger partial charge in [0.05, 0.1) is 17.1 Å². The van der Waals surface area contributed by atoms with Crippen LogP contribution in [0.4, 0.5) is 0 Å². The molecule has 0 bridgehead atoms. The third-order valence-electron chi connectivity index (χ3n) is 4.45. The summed E-state index contributed by atoms with van der Waals surface area (Å²) in [6.45, 7) is 7.92. The quantitative estimate of drug-likeness (QED) is 0.705. The first-order valence-electron chi connectivity index (χ1n) is 9.30. The molecule has 3 atom stereocenters. The van der Waals surface area contributed by atoms with Crippen LogP contribution in [0.3, 0.4) is 0 Å². The van der Waals surface area contributed by atoms with E-state index in [1.165, 1.54) is 28.6 Å². The third kappa shape index (κ3) is 5.52. The van der Waals surface area contributed by atoms with Crippen molar-refractivity contribution in [1.82, 2.24) is 9.62 Å². The van der Waals surface area contributed by atoms with Crippen LogP contribution < -0.4 is 5.32 Å². The van der Waals surface area contributed by atoms with Crippen molar-refractivity contribution in [3.63, 3.8) is 0 Å². The highest BCUT2D eigenvalue weighted by Crippen LogP contribution is 2.21. The highest BCUT2D eigenvalue weighted by molar-refractivity contribution is 7.89. The van der Waals surface area contributed by atoms with E-state index in [2.05, 4.69) is 5.32 Å². The third-order valence-corrected chi connectivity index (χ3v) is 6.30. The molecule has 0 saturated carbocycles. The van der Waals surface area contributed by atoms with Gasteiger partial charge in [0.25, 0.3) is 5.91 Å². The fourth-order valence-corrected chi connectivity index (χ4v) is 4.78. The number of rotatable bonds is 7. The fourth-order valence-electron chi connectivity index (χ4n) is 3.19. The Bertz CT molecular complexity index is 796. The molecule has 0 unspecified atom stereocenters. The maximum absolute atomic E-state index is 12.8. The number of carbonyl (C=O) groups excluding carboxylic acids is 1. The maximum atomic E-state index is 12.8. The van der Waals surface area contributed by atoms with Crippen molar-refractivity contribution in [2.75, 3.05) is 13.1 Å². The molecule has 1 saturated heterocycles. The van der Waals surface area contributed by atoms with E-state index in [4.69, 9.17) is 4.74 Å². The zero-order valence-corrected chi connectivity index (χ0v) is 17.4. The van der Waals surface area contributed by atoms with Crippen LogP contribution >= 0.6 is 0 Å². The summed E-state index contributed by atoms with van der Waals surface area (Å²) in [6.07, 6.45) is -0.0871. The summed E-state index contributed by atoms with van der Waals surface area (Å²) in [5, 5.41) is 11.7. The first kappa shape index (κ1) is 22.3. The number of ether oxygens (including phenoxy) is 1. The Morgan fingerprint density at radius 1 is 1.18 bits per heavy atom. The number of carbonyl (C=O) groups is 2. The van der Waals surface area contributed by atoms with Gasteiger partial charge in [0.2, 0.25) is 10.0 Å². The zero-order valence-electron chi connectivity index (χ0n) is 16.6. The predicted molar refractivity (Wildman–Crippen MR) is 104 cm³/mol. The Morgan fingerprint density at radius 3 is 2.18 bits per heavy atom. The second-order valence-corrected chi connectivity index (χ2v) is 9.54. The lowest BCUT2D eigenvalue weighted by Gasteiger charge is -2.34. The van der Waals surface area contributed by atoms with Crippen molar-refractivity contribution >= 4 is 21.9 Å². The normalized spacial score (nSPS) is 22.0. The first-order chi connectivity index (χ1) is 13.0. The summed E-state index contributed by atoms with van der Waals surface area (Å²) in [4.78, 5) is 23.7. The molecular formula is C19H28N2O6S. The standard InChI is InChI=1S/C19H28N2O6S/c1-12(2)9-17(19(23)24)20-18(22)15-5-7-16(8-6-15)28(25,26)21-10-13(3)27-14(4)11-21/h5-8,12-14,17H,9-11H2,1-4H3,(H,20,22)(H,23,24)/t13-,14+,17-/m1/s1. The summed E-state index contributed by atoms with van der Waals surface area (Å²) in [5.74, 6) is -1.55. The smallest absolute Gasteiger partial charge is 0.326 e. The van der Waals surface area contributed by atoms with E-state index in [1.807, 2.05) is 27.7 Å². The van der Waals surface area contributed by atoms with E-state index in [0.29, 0.717) is 6.42 Å². The van der Waals surface area contributed by atoms with Crippen LogP contribution in [0.25, 0.3) is 0 Å². The van der Waals surface area contributed by atoms with Crippen LogP contribution in [0, 0.1) is 5.92 Å². The van der Waals surface area contributed by atoms with Crippen molar-refractivity contribution in [2.24, 2.45) is 5.92 Å². The molecular weight excluding hydrogens is 384 g/mol. The predicted octanol–water partition coefficient (Wildman–Crippen LogP) is 1.71. The lowest BCUT2D eigenvalue weighted by atomic mass is 10.0. The van der Waals surface area contributed by atoms with Gasteiger partial charge in [-0.15, -0.1) is 0 Å². The molecule has 1 heterocycles. The number of sulfonamides is 1. The first-order valence-corrected chi connectivity index (χ1v) is 10.7. The van der Waals surface area contributed by atoms with Crippen molar-refractivity contribution < 1.29 is 27.9 Å². The molecule has 2 N–H and O–H groups in total. The van der Waals surface area contributed by atoms with Crippen LogP contribution in [0.2, 0.25) is 0 Å². The number of hydrogen-bond acceptors (Lipinski definition) is 5. The van der Waals surface area contributed by atoms with Gasteiger partial charge in [0.1, 0.15) is 6.04 Å². The average molecular weight is 413 g/mol. The summed E-state index contributed by atoms with van der Waals surface area (Å²) >= 11 is 0. The SMILES string of the molecule is CC(C)C[C@@H](NC(=O)c1ccc(S(=O)(=O)N2C[C@@H](C)O[C@@H](C)C2)cc1)C(=O)O. The molecule has 1 aliphatic rings. The van der Waals surface area contributed by atoms with Crippen molar-refractivity contribution in [2.45, 2.75) is 57.3 Å². The molecule has 9 heteroatoms. The minimum atomic E-state index is -3.70. The number of hydrogen-bond donors (Lipinski definition) is 2. The fraction of sp³-hybridized carbons (Fsp3) is 0.579. The monoisotopic (exact) mass is 412 g/mol. The molecule has 28 heavy (non-hydrogen) atoms. The molecule has 1 fully saturated rings. The van der Waals surface area contributed by atoms with Crippen LogP contribution in [0.5, 0.6) is 0 Å². The number of morpholine rings is 1. The van der Waals surface area contributed by atoms with E-state index < -0.39 is 27.9 Å². The zero-order chi connectivity index (χ0) is 21.1. The molecule has 1 amide bonds. The molecule has 0 radical (unpaired) electrons. The summed E-state index contributed by atoms with van der Waals surface area (Å²) in [7, 11) is -3.70. The Kier molecular flexibility index (Phi) is 7.19. The number of carboxylic acid groups (broad SMARTS) is 1. The summed E-state index contributed by atoms with van der Waals surface area (Å²) in [6, 6.07) is 4.53. The second kappa shape index (κ2) is 9.02. The van der Waals surface area contributed by atoms with Crippen LogP contribution in [-0.2, 0) is 19.6 Å². The maximum Gasteiger partial charge on any atom is 0.326 e. The minimum absolute atomic E-state index is 0.0855. The van der Waals surface area contributed by atoms with Gasteiger partial charge in [0.15, 0.2) is 0 Å². The molecule has 0 spiro atoms. The molecule has 8 nitrogen and oxygen atoms in total. The topological polar surface area (TPSA) is 113 Å². The minimum Gasteiger partial charge on any atom is -0.480 e. The Hall–Kier alpha value is -1.97. The molecule has 0 aliphatic carbocycles. The van der Waals surface area contributed by atoms with E-state index >= 15 is 0 Å². The lowest BCUT2D eigenvalue weighted by molar-refractivity contribution is -0.139. The Balaban J connectivity index is 2.13. The highest BCUT2D eigenvalue weighted by Gasteiger charge is 2.32. The molecule has 1 aromatic rings. The number of nitrogens with zero attached hydrogens (tertiary/aromatic N) is 1. The number of benzene rings is 1. The van der Waals surface area contributed by atoms with Crippen LogP contribution in [0.15, 0.2) is 29.2 Å². The van der Waals surface area contributed by atoms with Crippen molar-refractivity contribution in [3.8, 4) is 0 Å². The second-order valence-electron chi connectivity index (χ2n) is 7.60. The van der Waals surface area contributed by atoms with Gasteiger partial charge >= 0.3 is 5.97 Å². The Labute approximate surface area is 165 Å². The van der Waals surface area contributed by atoms with Crippen LogP contribution in [-0.4, -0.2) is 61.0 Å². The van der Waals surface area contributed by atoms with Crippen molar-refractivity contribution in [1.29, 1.82) is 0 Å². The lowest BCUT2D eigenvalue weighted by Crippen LogP contribution is -2.48. The van der Waals surface area contributed by atoms with E-state index in [0.717, 1.165) is 0 Å². The Morgan fingerprint density at radius 2 is 1.71 bits per heavy atom. The van der Waals surface area contributed by atoms with E-state index in [-0.39, 0.29) is 41.7 Å². The van der Waals surface area contributed by atoms with E-state index in [1.54, 1.807) is 0 Å². The van der Waals surface area contributed by atoms with Gasteiger partial charge in [-0.05, 0) is 50.5 Å². The van der Waals surface area contributed by atoms with Gasteiger partial charge in [0, 0.05) is 18.7 Å². The number of carboxylic acids is 1. The molecule has 156 valence electrons. The van der Waals surface area contributed by atoms with Crippen molar-refractivity contribution in [3.05, 3.63) is 29.8 Å². The van der Waals surface area contributed by atoms with Gasteiger partial charge in [-0.2, -0.15) is 4.31 Å². The number of amides is 1. The highest BCUT2D eigenvalue weighted by atomic mass is 32.2. The average Bonchev–Trinajstić information content (AvgIpc) is 2.60. The summed E-state index contributed by atoms with van der Waals surface area (Å²) < 4.78 is 32.6. The molecule has 1 aliphatic heterocycles. The number of nitrogens with one attached hydrogen (secondary N) is 1. The molecule has 2 rings (SSSR count). The molecule has 1 aromatic carbocycles. The molecule has 0 aromatic heterocycles. The van der Waals surface area contributed by atoms with Gasteiger partial charge < -0.3 is 15.2 Å². The van der Waals surface area contributed by atoms with E-state index in [9.17, 15) is 23.1 Å². The summed E-state index contributed by atoms with van der Waals surface area (Å²) in [5.41, 5.74) is 0.206.